The molecule has 0 saturated carbocycles. The monoisotopic (exact) mass is 301 g/mol. The molecular weight excluding hydrogens is 289 g/mol. The lowest BCUT2D eigenvalue weighted by Gasteiger charge is -2.30. The topological polar surface area (TPSA) is 0 Å². The lowest BCUT2D eigenvalue weighted by Crippen LogP contribution is -2.50. The van der Waals surface area contributed by atoms with E-state index in [1.165, 1.54) is 12.5 Å². The quantitative estimate of drug-likeness (QED) is 0.672. The van der Waals surface area contributed by atoms with Gasteiger partial charge in [-0.2, -0.15) is 30.7 Å². The summed E-state index contributed by atoms with van der Waals surface area (Å²) in [6.45, 7) is 3.19. The van der Waals surface area contributed by atoms with E-state index >= 15 is 0 Å². The third-order valence-electron chi connectivity index (χ3n) is 2.56. The Kier molecular flexibility index (Phi) is 4.41. The number of hydrogen-bond donors (Lipinski definition) is 0. The maximum Gasteiger partial charge on any atom is 0.460 e. The van der Waals surface area contributed by atoms with E-state index in [0.29, 0.717) is 6.07 Å². The van der Waals surface area contributed by atoms with Crippen LogP contribution in [0.1, 0.15) is 25.0 Å². The molecule has 0 fully saturated rings. The summed E-state index contributed by atoms with van der Waals surface area (Å²) in [5.74, 6) is -11.8. The molecule has 113 valence electrons. The van der Waals surface area contributed by atoms with Gasteiger partial charge >= 0.3 is 18.0 Å². The Balaban J connectivity index is 3.35. The van der Waals surface area contributed by atoms with Crippen molar-refractivity contribution in [2.24, 2.45) is 5.92 Å². The number of alkyl halides is 7. The molecule has 0 atom stereocenters. The molecule has 0 saturated heterocycles. The molecule has 20 heavy (non-hydrogen) atoms. The van der Waals surface area contributed by atoms with Gasteiger partial charge in [0.15, 0.2) is 0 Å². The highest BCUT2D eigenvalue weighted by Crippen LogP contribution is 2.52. The normalized spacial score (nSPS) is 13.9. The number of hydrogen-bond acceptors (Lipinski definition) is 0. The van der Waals surface area contributed by atoms with Crippen LogP contribution >= 0.6 is 0 Å². The number of halogens is 7. The average molecular weight is 301 g/mol. The zero-order valence-corrected chi connectivity index (χ0v) is 10.6. The van der Waals surface area contributed by atoms with Crippen molar-refractivity contribution in [3.63, 3.8) is 0 Å². The molecule has 1 rings (SSSR count). The van der Waals surface area contributed by atoms with E-state index in [0.717, 1.165) is 12.1 Å². The fourth-order valence-electron chi connectivity index (χ4n) is 1.63. The van der Waals surface area contributed by atoms with E-state index in [2.05, 4.69) is 0 Å². The van der Waals surface area contributed by atoms with Crippen molar-refractivity contribution >= 4 is 0 Å². The van der Waals surface area contributed by atoms with Crippen LogP contribution in [0.25, 0.3) is 0 Å². The van der Waals surface area contributed by atoms with E-state index in [4.69, 9.17) is 0 Å². The summed E-state index contributed by atoms with van der Waals surface area (Å²) in [5, 5.41) is 0. The Morgan fingerprint density at radius 1 is 0.900 bits per heavy atom. The molecule has 0 N–H and O–H groups in total. The maximum atomic E-state index is 13.7. The summed E-state index contributed by atoms with van der Waals surface area (Å²) in [6, 6.07) is 3.94. The molecule has 0 amide bonds. The third-order valence-corrected chi connectivity index (χ3v) is 2.56. The fourth-order valence-corrected chi connectivity index (χ4v) is 1.63. The van der Waals surface area contributed by atoms with Gasteiger partial charge in [-0.3, -0.25) is 0 Å². The minimum atomic E-state index is -6.33. The van der Waals surface area contributed by atoms with E-state index in [1.54, 1.807) is 13.8 Å². The zero-order valence-electron chi connectivity index (χ0n) is 10.6. The van der Waals surface area contributed by atoms with E-state index in [1.807, 2.05) is 0 Å². The van der Waals surface area contributed by atoms with Crippen LogP contribution in [0.4, 0.5) is 30.7 Å². The second-order valence-electron chi connectivity index (χ2n) is 4.64. The van der Waals surface area contributed by atoms with Crippen molar-refractivity contribution in [2.45, 2.75) is 31.9 Å². The average Bonchev–Trinajstić information content (AvgIpc) is 2.26. The second-order valence-corrected chi connectivity index (χ2v) is 4.64. The highest BCUT2D eigenvalue weighted by molar-refractivity contribution is 5.38. The van der Waals surface area contributed by atoms with Gasteiger partial charge in [0.1, 0.15) is 0 Å². The SMILES string of the molecule is CC(C)[CH]c1ccccc1C(F)(F)C(F)(F)C(F)(F)F. The summed E-state index contributed by atoms with van der Waals surface area (Å²) in [6.07, 6.45) is -5.13. The van der Waals surface area contributed by atoms with Gasteiger partial charge in [-0.05, 0) is 17.9 Å². The second kappa shape index (κ2) is 5.26. The molecule has 0 aliphatic rings. The molecule has 0 unspecified atom stereocenters. The predicted octanol–water partition coefficient (Wildman–Crippen LogP) is 5.18. The summed E-state index contributed by atoms with van der Waals surface area (Å²) in [4.78, 5) is 0. The Morgan fingerprint density at radius 2 is 1.40 bits per heavy atom. The molecule has 0 spiro atoms. The Hall–Kier alpha value is -1.27. The maximum absolute atomic E-state index is 13.7. The molecule has 0 aromatic heterocycles. The highest BCUT2D eigenvalue weighted by atomic mass is 19.4. The molecule has 0 nitrogen and oxygen atoms in total. The smallest absolute Gasteiger partial charge is 0.194 e. The third kappa shape index (κ3) is 2.91. The standard InChI is InChI=1S/C13H12F7/c1-8(2)7-9-5-3-4-6-10(9)11(14,15)12(16,17)13(18,19)20/h3-8H,1-2H3. The van der Waals surface area contributed by atoms with Crippen LogP contribution in [0.5, 0.6) is 0 Å². The molecule has 0 heterocycles. The minimum Gasteiger partial charge on any atom is -0.194 e. The van der Waals surface area contributed by atoms with E-state index < -0.39 is 23.6 Å². The van der Waals surface area contributed by atoms with Gasteiger partial charge in [0.2, 0.25) is 0 Å². The first-order valence-corrected chi connectivity index (χ1v) is 5.68. The van der Waals surface area contributed by atoms with Gasteiger partial charge in [-0.15, -0.1) is 0 Å². The van der Waals surface area contributed by atoms with E-state index in [-0.39, 0.29) is 11.5 Å². The molecule has 1 aromatic carbocycles. The molecule has 1 aromatic rings. The summed E-state index contributed by atoms with van der Waals surface area (Å²) >= 11 is 0. The van der Waals surface area contributed by atoms with Gasteiger partial charge < -0.3 is 0 Å². The van der Waals surface area contributed by atoms with Crippen molar-refractivity contribution in [2.75, 3.05) is 0 Å². The van der Waals surface area contributed by atoms with Crippen molar-refractivity contribution < 1.29 is 30.7 Å². The molecule has 0 bridgehead atoms. The van der Waals surface area contributed by atoms with Gasteiger partial charge in [-0.25, -0.2) is 0 Å². The summed E-state index contributed by atoms with van der Waals surface area (Å²) in [5.41, 5.74) is -1.67. The zero-order chi connectivity index (χ0) is 15.8. The summed E-state index contributed by atoms with van der Waals surface area (Å²) in [7, 11) is 0. The fraction of sp³-hybridized carbons (Fsp3) is 0.462. The van der Waals surface area contributed by atoms with Crippen LogP contribution in [-0.2, 0) is 5.92 Å². The lowest BCUT2D eigenvalue weighted by molar-refractivity contribution is -0.359. The molecule has 0 aliphatic heterocycles. The first kappa shape index (κ1) is 16.8. The molecule has 7 heteroatoms. The van der Waals surface area contributed by atoms with Gasteiger partial charge in [0, 0.05) is 5.56 Å². The summed E-state index contributed by atoms with van der Waals surface area (Å²) < 4.78 is 89.9. The van der Waals surface area contributed by atoms with Crippen molar-refractivity contribution in [3.8, 4) is 0 Å². The molecule has 1 radical (unpaired) electrons. The number of benzene rings is 1. The van der Waals surface area contributed by atoms with Crippen LogP contribution in [0, 0.1) is 12.3 Å². The van der Waals surface area contributed by atoms with Crippen molar-refractivity contribution in [1.82, 2.24) is 0 Å². The molecular formula is C13H12F7. The van der Waals surface area contributed by atoms with Crippen LogP contribution < -0.4 is 0 Å². The van der Waals surface area contributed by atoms with Gasteiger partial charge in [0.25, 0.3) is 0 Å². The van der Waals surface area contributed by atoms with Crippen molar-refractivity contribution in [1.29, 1.82) is 0 Å². The Labute approximate surface area is 111 Å². The minimum absolute atomic E-state index is 0.286. The highest BCUT2D eigenvalue weighted by Gasteiger charge is 2.73. The van der Waals surface area contributed by atoms with Crippen LogP contribution in [-0.4, -0.2) is 12.1 Å². The van der Waals surface area contributed by atoms with Crippen LogP contribution in [0.3, 0.4) is 0 Å². The number of rotatable bonds is 4. The first-order chi connectivity index (χ1) is 8.91. The van der Waals surface area contributed by atoms with E-state index in [9.17, 15) is 30.7 Å². The predicted molar refractivity (Wildman–Crippen MR) is 59.6 cm³/mol. The van der Waals surface area contributed by atoms with Gasteiger partial charge in [0.05, 0.1) is 0 Å². The van der Waals surface area contributed by atoms with Crippen molar-refractivity contribution in [3.05, 3.63) is 41.8 Å². The van der Waals surface area contributed by atoms with Gasteiger partial charge in [-0.1, -0.05) is 38.1 Å². The Morgan fingerprint density at radius 3 is 1.85 bits per heavy atom. The lowest BCUT2D eigenvalue weighted by atomic mass is 9.91. The molecule has 0 aliphatic carbocycles. The Bertz CT molecular complexity index is 460. The van der Waals surface area contributed by atoms with Crippen LogP contribution in [0.2, 0.25) is 0 Å². The largest absolute Gasteiger partial charge is 0.460 e. The van der Waals surface area contributed by atoms with Crippen LogP contribution in [0.15, 0.2) is 24.3 Å². The first-order valence-electron chi connectivity index (χ1n) is 5.68.